The van der Waals surface area contributed by atoms with Gasteiger partial charge in [0.1, 0.15) is 11.6 Å². The molecular weight excluding hydrogens is 460 g/mol. The second-order valence-corrected chi connectivity index (χ2v) is 10.3. The fourth-order valence-electron chi connectivity index (χ4n) is 5.75. The van der Waals surface area contributed by atoms with Crippen LogP contribution in [0.1, 0.15) is 49.9 Å². The van der Waals surface area contributed by atoms with Crippen LogP contribution >= 0.6 is 0 Å². The molecule has 37 heavy (non-hydrogen) atoms. The molecule has 6 rings (SSSR count). The van der Waals surface area contributed by atoms with E-state index in [2.05, 4.69) is 34.1 Å². The van der Waals surface area contributed by atoms with Gasteiger partial charge in [-0.1, -0.05) is 67.8 Å². The molecule has 4 aromatic rings. The zero-order chi connectivity index (χ0) is 25.0. The molecular formula is C30H34N6O. The van der Waals surface area contributed by atoms with Crippen molar-refractivity contribution in [2.24, 2.45) is 5.92 Å². The first-order chi connectivity index (χ1) is 18.3. The Hall–Kier alpha value is -3.74. The van der Waals surface area contributed by atoms with Crippen LogP contribution in [0.2, 0.25) is 0 Å². The predicted molar refractivity (Wildman–Crippen MR) is 146 cm³/mol. The number of nitrogens with zero attached hydrogens (tertiary/aromatic N) is 6. The van der Waals surface area contributed by atoms with Gasteiger partial charge in [-0.2, -0.15) is 5.10 Å². The van der Waals surface area contributed by atoms with E-state index in [0.29, 0.717) is 12.3 Å². The Labute approximate surface area is 218 Å². The van der Waals surface area contributed by atoms with Crippen molar-refractivity contribution in [2.45, 2.75) is 44.9 Å². The van der Waals surface area contributed by atoms with Gasteiger partial charge in [0.25, 0.3) is 0 Å². The SMILES string of the molecule is O=C(C1CCCCC1)N1CCCN(c2nc(Cc3ccccc3)nc3c2cnn3-c2ccccc2)CC1. The van der Waals surface area contributed by atoms with Gasteiger partial charge >= 0.3 is 0 Å². The summed E-state index contributed by atoms with van der Waals surface area (Å²) in [6.07, 6.45) is 9.22. The van der Waals surface area contributed by atoms with E-state index in [9.17, 15) is 4.79 Å². The highest BCUT2D eigenvalue weighted by Crippen LogP contribution is 2.29. The molecule has 0 atom stereocenters. The van der Waals surface area contributed by atoms with Gasteiger partial charge in [0.2, 0.25) is 5.91 Å². The Morgan fingerprint density at radius 2 is 1.57 bits per heavy atom. The lowest BCUT2D eigenvalue weighted by atomic mass is 9.88. The lowest BCUT2D eigenvalue weighted by Crippen LogP contribution is -2.39. The van der Waals surface area contributed by atoms with Crippen molar-refractivity contribution in [1.82, 2.24) is 24.6 Å². The predicted octanol–water partition coefficient (Wildman–Crippen LogP) is 5.03. The van der Waals surface area contributed by atoms with Gasteiger partial charge < -0.3 is 9.80 Å². The molecule has 2 aromatic carbocycles. The molecule has 0 radical (unpaired) electrons. The van der Waals surface area contributed by atoms with Crippen molar-refractivity contribution >= 4 is 22.8 Å². The van der Waals surface area contributed by atoms with Gasteiger partial charge in [0.15, 0.2) is 5.65 Å². The fourth-order valence-corrected chi connectivity index (χ4v) is 5.75. The minimum absolute atomic E-state index is 0.215. The Morgan fingerprint density at radius 1 is 0.811 bits per heavy atom. The van der Waals surface area contributed by atoms with E-state index in [1.165, 1.54) is 24.8 Å². The molecule has 7 nitrogen and oxygen atoms in total. The average Bonchev–Trinajstić information content (AvgIpc) is 3.22. The number of para-hydroxylation sites is 1. The van der Waals surface area contributed by atoms with E-state index in [4.69, 9.17) is 15.1 Å². The van der Waals surface area contributed by atoms with Crippen molar-refractivity contribution < 1.29 is 4.79 Å². The average molecular weight is 495 g/mol. The van der Waals surface area contributed by atoms with Gasteiger partial charge in [-0.05, 0) is 37.0 Å². The summed E-state index contributed by atoms with van der Waals surface area (Å²) in [5.74, 6) is 2.28. The third kappa shape index (κ3) is 5.08. The van der Waals surface area contributed by atoms with Crippen molar-refractivity contribution in [2.75, 3.05) is 31.1 Å². The fraction of sp³-hybridized carbons (Fsp3) is 0.400. The Morgan fingerprint density at radius 3 is 2.35 bits per heavy atom. The molecule has 1 saturated carbocycles. The van der Waals surface area contributed by atoms with E-state index < -0.39 is 0 Å². The topological polar surface area (TPSA) is 67.2 Å². The molecule has 1 amide bonds. The van der Waals surface area contributed by atoms with Crippen LogP contribution in [0.3, 0.4) is 0 Å². The van der Waals surface area contributed by atoms with Crippen molar-refractivity contribution in [3.05, 3.63) is 78.2 Å². The van der Waals surface area contributed by atoms with Gasteiger partial charge in [-0.25, -0.2) is 14.6 Å². The monoisotopic (exact) mass is 494 g/mol. The van der Waals surface area contributed by atoms with Crippen molar-refractivity contribution in [3.63, 3.8) is 0 Å². The van der Waals surface area contributed by atoms with Crippen molar-refractivity contribution in [3.8, 4) is 5.69 Å². The minimum Gasteiger partial charge on any atom is -0.354 e. The van der Waals surface area contributed by atoms with Gasteiger partial charge in [-0.15, -0.1) is 0 Å². The van der Waals surface area contributed by atoms with Gasteiger partial charge in [0.05, 0.1) is 17.3 Å². The largest absolute Gasteiger partial charge is 0.354 e. The van der Waals surface area contributed by atoms with Gasteiger partial charge in [0, 0.05) is 38.5 Å². The molecule has 2 aromatic heterocycles. The van der Waals surface area contributed by atoms with E-state index in [1.807, 2.05) is 47.3 Å². The standard InChI is InChI=1S/C30H34N6O/c37-30(24-13-6-2-7-14-24)35-18-10-17-34(19-20-35)28-26-22-31-36(25-15-8-3-9-16-25)29(26)33-27(32-28)21-23-11-4-1-5-12-23/h1,3-5,8-9,11-12,15-16,22,24H,2,6-7,10,13-14,17-21H2. The van der Waals surface area contributed by atoms with Crippen LogP contribution in [0.25, 0.3) is 16.7 Å². The maximum atomic E-state index is 13.2. The molecule has 2 fully saturated rings. The molecule has 1 saturated heterocycles. The third-order valence-corrected chi connectivity index (χ3v) is 7.72. The van der Waals surface area contributed by atoms with Crippen LogP contribution < -0.4 is 4.90 Å². The Bertz CT molecular complexity index is 1350. The van der Waals surface area contributed by atoms with Crippen LogP contribution in [0.4, 0.5) is 5.82 Å². The van der Waals surface area contributed by atoms with Crippen LogP contribution in [0.5, 0.6) is 0 Å². The summed E-state index contributed by atoms with van der Waals surface area (Å²) in [7, 11) is 0. The van der Waals surface area contributed by atoms with Crippen LogP contribution in [0, 0.1) is 5.92 Å². The number of fused-ring (bicyclic) bond motifs is 1. The summed E-state index contributed by atoms with van der Waals surface area (Å²) in [6, 6.07) is 20.5. The van der Waals surface area contributed by atoms with Crippen LogP contribution in [-0.2, 0) is 11.2 Å². The number of hydrogen-bond acceptors (Lipinski definition) is 5. The summed E-state index contributed by atoms with van der Waals surface area (Å²) in [5, 5.41) is 5.67. The highest BCUT2D eigenvalue weighted by atomic mass is 16.2. The summed E-state index contributed by atoms with van der Waals surface area (Å²) in [6.45, 7) is 3.19. The van der Waals surface area contributed by atoms with Crippen LogP contribution in [-0.4, -0.2) is 56.7 Å². The minimum atomic E-state index is 0.215. The van der Waals surface area contributed by atoms with E-state index in [0.717, 1.165) is 73.8 Å². The van der Waals surface area contributed by atoms with Gasteiger partial charge in [-0.3, -0.25) is 4.79 Å². The molecule has 7 heteroatoms. The molecule has 0 bridgehead atoms. The highest BCUT2D eigenvalue weighted by molar-refractivity contribution is 5.88. The molecule has 0 unspecified atom stereocenters. The first kappa shape index (κ1) is 23.6. The molecule has 1 aliphatic carbocycles. The highest BCUT2D eigenvalue weighted by Gasteiger charge is 2.28. The second kappa shape index (κ2) is 10.7. The normalized spacial score (nSPS) is 17.2. The zero-order valence-electron chi connectivity index (χ0n) is 21.3. The maximum absolute atomic E-state index is 13.2. The van der Waals surface area contributed by atoms with E-state index in [1.54, 1.807) is 0 Å². The number of anilines is 1. The first-order valence-electron chi connectivity index (χ1n) is 13.6. The van der Waals surface area contributed by atoms with E-state index >= 15 is 0 Å². The van der Waals surface area contributed by atoms with Crippen LogP contribution in [0.15, 0.2) is 66.9 Å². The summed E-state index contributed by atoms with van der Waals surface area (Å²) < 4.78 is 1.91. The third-order valence-electron chi connectivity index (χ3n) is 7.72. The Balaban J connectivity index is 1.32. The smallest absolute Gasteiger partial charge is 0.225 e. The molecule has 1 aliphatic heterocycles. The second-order valence-electron chi connectivity index (χ2n) is 10.3. The molecule has 190 valence electrons. The number of carbonyl (C=O) groups is 1. The lowest BCUT2D eigenvalue weighted by Gasteiger charge is -2.28. The molecule has 2 aliphatic rings. The number of amides is 1. The number of aromatic nitrogens is 4. The zero-order valence-corrected chi connectivity index (χ0v) is 21.3. The molecule has 0 N–H and O–H groups in total. The number of rotatable bonds is 5. The molecule has 3 heterocycles. The summed E-state index contributed by atoms with van der Waals surface area (Å²) in [4.78, 5) is 27.8. The Kier molecular flexibility index (Phi) is 6.84. The summed E-state index contributed by atoms with van der Waals surface area (Å²) in [5.41, 5.74) is 2.98. The van der Waals surface area contributed by atoms with E-state index in [-0.39, 0.29) is 5.92 Å². The quantitative estimate of drug-likeness (QED) is 0.390. The molecule has 0 spiro atoms. The lowest BCUT2D eigenvalue weighted by molar-refractivity contribution is -0.136. The summed E-state index contributed by atoms with van der Waals surface area (Å²) >= 11 is 0. The first-order valence-corrected chi connectivity index (χ1v) is 13.6. The maximum Gasteiger partial charge on any atom is 0.225 e. The number of hydrogen-bond donors (Lipinski definition) is 0. The van der Waals surface area contributed by atoms with Crippen molar-refractivity contribution in [1.29, 1.82) is 0 Å². The number of carbonyl (C=O) groups excluding carboxylic acids is 1. The number of benzene rings is 2.